The van der Waals surface area contributed by atoms with Crippen molar-refractivity contribution >= 4 is 24.0 Å². The number of halogens is 1. The van der Waals surface area contributed by atoms with E-state index in [1.54, 1.807) is 39.0 Å². The van der Waals surface area contributed by atoms with Crippen molar-refractivity contribution in [3.05, 3.63) is 28.8 Å². The van der Waals surface area contributed by atoms with Crippen LogP contribution in [0.5, 0.6) is 5.75 Å². The number of nitrogens with one attached hydrogen (secondary N) is 1. The number of carbonyl (C=O) groups excluding carboxylic acids is 2. The number of aldehydes is 1. The maximum Gasteiger partial charge on any atom is 0.408 e. The van der Waals surface area contributed by atoms with Crippen LogP contribution >= 0.6 is 11.6 Å². The van der Waals surface area contributed by atoms with Crippen LogP contribution in [0.3, 0.4) is 0 Å². The molecule has 1 aromatic rings. The standard InChI is InChI=1S/C15H20ClNO4/c1-15(2,3)21-14(19)17-12(7-8-18)10-5-6-13(20-4)11(16)9-10/h5-6,8-9,12H,7H2,1-4H3,(H,17,19)/t12-/m1/s1. The molecule has 0 aliphatic heterocycles. The highest BCUT2D eigenvalue weighted by Crippen LogP contribution is 2.28. The first-order valence-corrected chi connectivity index (χ1v) is 6.91. The van der Waals surface area contributed by atoms with E-state index in [1.807, 2.05) is 0 Å². The third-order valence-electron chi connectivity index (χ3n) is 2.60. The van der Waals surface area contributed by atoms with Gasteiger partial charge in [0.25, 0.3) is 0 Å². The van der Waals surface area contributed by atoms with E-state index in [-0.39, 0.29) is 6.42 Å². The van der Waals surface area contributed by atoms with Crippen LogP contribution in [0.4, 0.5) is 4.79 Å². The smallest absolute Gasteiger partial charge is 0.408 e. The summed E-state index contributed by atoms with van der Waals surface area (Å²) >= 11 is 6.06. The van der Waals surface area contributed by atoms with Gasteiger partial charge in [0.15, 0.2) is 0 Å². The Kier molecular flexibility index (Phi) is 6.03. The third-order valence-corrected chi connectivity index (χ3v) is 2.90. The number of hydrogen-bond donors (Lipinski definition) is 1. The lowest BCUT2D eigenvalue weighted by atomic mass is 10.0. The highest BCUT2D eigenvalue weighted by molar-refractivity contribution is 6.32. The average molecular weight is 314 g/mol. The molecule has 0 heterocycles. The summed E-state index contributed by atoms with van der Waals surface area (Å²) < 4.78 is 10.3. The molecule has 0 radical (unpaired) electrons. The molecule has 1 amide bonds. The van der Waals surface area contributed by atoms with Crippen LogP contribution in [0.2, 0.25) is 5.02 Å². The number of methoxy groups -OCH3 is 1. The lowest BCUT2D eigenvalue weighted by Gasteiger charge is -2.23. The minimum atomic E-state index is -0.604. The second-order valence-electron chi connectivity index (χ2n) is 5.50. The largest absolute Gasteiger partial charge is 0.495 e. The Bertz CT molecular complexity index is 511. The van der Waals surface area contributed by atoms with Crippen LogP contribution in [0.1, 0.15) is 38.8 Å². The van der Waals surface area contributed by atoms with E-state index >= 15 is 0 Å². The zero-order valence-corrected chi connectivity index (χ0v) is 13.4. The Morgan fingerprint density at radius 3 is 2.57 bits per heavy atom. The van der Waals surface area contributed by atoms with Crippen LogP contribution in [0, 0.1) is 0 Å². The van der Waals surface area contributed by atoms with E-state index in [2.05, 4.69) is 5.32 Å². The molecule has 0 aliphatic rings. The van der Waals surface area contributed by atoms with Crippen molar-refractivity contribution in [2.24, 2.45) is 0 Å². The fourth-order valence-corrected chi connectivity index (χ4v) is 1.99. The molecule has 0 unspecified atom stereocenters. The van der Waals surface area contributed by atoms with Crippen LogP contribution in [-0.4, -0.2) is 25.1 Å². The second kappa shape index (κ2) is 7.31. The van der Waals surface area contributed by atoms with Gasteiger partial charge in [0.2, 0.25) is 0 Å². The maximum atomic E-state index is 11.8. The number of hydrogen-bond acceptors (Lipinski definition) is 4. The van der Waals surface area contributed by atoms with Crippen LogP contribution in [-0.2, 0) is 9.53 Å². The van der Waals surface area contributed by atoms with Gasteiger partial charge in [-0.3, -0.25) is 0 Å². The predicted molar refractivity (Wildman–Crippen MR) is 80.8 cm³/mol. The highest BCUT2D eigenvalue weighted by Gasteiger charge is 2.21. The number of ether oxygens (including phenoxy) is 2. The molecule has 0 aliphatic carbocycles. The molecule has 5 nitrogen and oxygen atoms in total. The minimum Gasteiger partial charge on any atom is -0.495 e. The number of rotatable bonds is 5. The van der Waals surface area contributed by atoms with Crippen molar-refractivity contribution in [1.29, 1.82) is 0 Å². The Labute approximate surface area is 129 Å². The van der Waals surface area contributed by atoms with E-state index in [0.717, 1.165) is 6.29 Å². The Balaban J connectivity index is 2.89. The lowest BCUT2D eigenvalue weighted by molar-refractivity contribution is -0.108. The lowest BCUT2D eigenvalue weighted by Crippen LogP contribution is -2.35. The zero-order chi connectivity index (χ0) is 16.0. The Morgan fingerprint density at radius 1 is 1.43 bits per heavy atom. The SMILES string of the molecule is COc1ccc([C@@H](CC=O)NC(=O)OC(C)(C)C)cc1Cl. The summed E-state index contributed by atoms with van der Waals surface area (Å²) in [5, 5.41) is 3.08. The molecular formula is C15H20ClNO4. The van der Waals surface area contributed by atoms with Gasteiger partial charge in [-0.05, 0) is 38.5 Å². The van der Waals surface area contributed by atoms with Gasteiger partial charge >= 0.3 is 6.09 Å². The van der Waals surface area contributed by atoms with Crippen molar-refractivity contribution in [2.45, 2.75) is 38.8 Å². The molecular weight excluding hydrogens is 294 g/mol. The van der Waals surface area contributed by atoms with E-state index in [4.69, 9.17) is 21.1 Å². The van der Waals surface area contributed by atoms with E-state index in [9.17, 15) is 9.59 Å². The quantitative estimate of drug-likeness (QED) is 0.845. The van der Waals surface area contributed by atoms with Crippen molar-refractivity contribution in [3.63, 3.8) is 0 Å². The second-order valence-corrected chi connectivity index (χ2v) is 5.90. The maximum absolute atomic E-state index is 11.8. The average Bonchev–Trinajstić information content (AvgIpc) is 2.36. The monoisotopic (exact) mass is 313 g/mol. The van der Waals surface area contributed by atoms with Crippen LogP contribution in [0.25, 0.3) is 0 Å². The summed E-state index contributed by atoms with van der Waals surface area (Å²) in [6.07, 6.45) is 0.281. The molecule has 0 aromatic heterocycles. The molecule has 0 saturated heterocycles. The van der Waals surface area contributed by atoms with Gasteiger partial charge in [-0.15, -0.1) is 0 Å². The van der Waals surface area contributed by atoms with Gasteiger partial charge in [-0.2, -0.15) is 0 Å². The van der Waals surface area contributed by atoms with E-state index in [0.29, 0.717) is 16.3 Å². The molecule has 0 fully saturated rings. The summed E-state index contributed by atoms with van der Waals surface area (Å²) in [6, 6.07) is 4.59. The molecule has 0 spiro atoms. The first-order chi connectivity index (χ1) is 9.76. The topological polar surface area (TPSA) is 64.6 Å². The van der Waals surface area contributed by atoms with Crippen molar-refractivity contribution in [2.75, 3.05) is 7.11 Å². The molecule has 1 aromatic carbocycles. The number of amides is 1. The molecule has 1 rings (SSSR count). The third kappa shape index (κ3) is 5.63. The molecule has 1 N–H and O–H groups in total. The van der Waals surface area contributed by atoms with Crippen molar-refractivity contribution in [1.82, 2.24) is 5.32 Å². The molecule has 0 bridgehead atoms. The normalized spacial score (nSPS) is 12.4. The fourth-order valence-electron chi connectivity index (χ4n) is 1.72. The fraction of sp³-hybridized carbons (Fsp3) is 0.467. The molecule has 21 heavy (non-hydrogen) atoms. The van der Waals surface area contributed by atoms with Crippen molar-refractivity contribution in [3.8, 4) is 5.75 Å². The van der Waals surface area contributed by atoms with Crippen LogP contribution in [0.15, 0.2) is 18.2 Å². The first-order valence-electron chi connectivity index (χ1n) is 6.53. The minimum absolute atomic E-state index is 0.127. The predicted octanol–water partition coefficient (Wildman–Crippen LogP) is 3.50. The summed E-state index contributed by atoms with van der Waals surface area (Å²) in [5.74, 6) is 0.530. The first kappa shape index (κ1) is 17.3. The van der Waals surface area contributed by atoms with Gasteiger partial charge in [0, 0.05) is 6.42 Å². The van der Waals surface area contributed by atoms with Gasteiger partial charge in [-0.1, -0.05) is 17.7 Å². The molecule has 6 heteroatoms. The van der Waals surface area contributed by atoms with Crippen LogP contribution < -0.4 is 10.1 Å². The van der Waals surface area contributed by atoms with Gasteiger partial charge in [-0.25, -0.2) is 4.79 Å². The summed E-state index contributed by atoms with van der Waals surface area (Å²) in [7, 11) is 1.52. The molecule has 1 atom stereocenters. The number of alkyl carbamates (subject to hydrolysis) is 1. The zero-order valence-electron chi connectivity index (χ0n) is 12.6. The molecule has 0 saturated carbocycles. The van der Waals surface area contributed by atoms with Crippen molar-refractivity contribution < 1.29 is 19.1 Å². The molecule has 116 valence electrons. The Morgan fingerprint density at radius 2 is 2.10 bits per heavy atom. The summed E-state index contributed by atoms with van der Waals surface area (Å²) in [4.78, 5) is 22.6. The van der Waals surface area contributed by atoms with E-state index in [1.165, 1.54) is 7.11 Å². The Hall–Kier alpha value is -1.75. The highest BCUT2D eigenvalue weighted by atomic mass is 35.5. The van der Waals surface area contributed by atoms with Gasteiger partial charge < -0.3 is 19.6 Å². The van der Waals surface area contributed by atoms with Gasteiger partial charge in [0.05, 0.1) is 18.2 Å². The summed E-state index contributed by atoms with van der Waals surface area (Å²) in [6.45, 7) is 5.31. The summed E-state index contributed by atoms with van der Waals surface area (Å²) in [5.41, 5.74) is 0.103. The number of carbonyl (C=O) groups is 2. The van der Waals surface area contributed by atoms with Gasteiger partial charge in [0.1, 0.15) is 17.6 Å². The number of benzene rings is 1. The van der Waals surface area contributed by atoms with E-state index < -0.39 is 17.7 Å².